The van der Waals surface area contributed by atoms with Gasteiger partial charge < -0.3 is 23.9 Å². The number of nitrogens with one attached hydrogen (secondary N) is 1. The van der Waals surface area contributed by atoms with Gasteiger partial charge in [0.2, 0.25) is 0 Å². The van der Waals surface area contributed by atoms with Crippen LogP contribution in [0.25, 0.3) is 5.65 Å². The summed E-state index contributed by atoms with van der Waals surface area (Å²) in [4.78, 5) is 41.8. The minimum Gasteiger partial charge on any atom is -0.464 e. The van der Waals surface area contributed by atoms with Crippen molar-refractivity contribution in [1.29, 1.82) is 0 Å². The molecule has 0 spiro atoms. The van der Waals surface area contributed by atoms with Crippen molar-refractivity contribution in [3.8, 4) is 0 Å². The van der Waals surface area contributed by atoms with Crippen LogP contribution in [0.2, 0.25) is 0 Å². The smallest absolute Gasteiger partial charge is 0.356 e. The second-order valence-corrected chi connectivity index (χ2v) is 10.0. The van der Waals surface area contributed by atoms with Crippen LogP contribution in [0.5, 0.6) is 0 Å². The van der Waals surface area contributed by atoms with Crippen LogP contribution >= 0.6 is 0 Å². The molecule has 0 aliphatic heterocycles. The SMILES string of the molecule is CCOC(=O)c1ccn2c(CN[C@H]3CCc4c3ccc(C(=O)OC(C)(C)C)c4C)cc(C(=O)OC)nc12. The molecule has 1 N–H and O–H groups in total. The number of aromatic nitrogens is 2. The zero-order valence-electron chi connectivity index (χ0n) is 22.1. The molecule has 0 saturated heterocycles. The molecule has 1 aliphatic rings. The lowest BCUT2D eigenvalue weighted by Crippen LogP contribution is -2.24. The highest BCUT2D eigenvalue weighted by molar-refractivity contribution is 5.97. The van der Waals surface area contributed by atoms with Gasteiger partial charge in [0.05, 0.1) is 19.3 Å². The van der Waals surface area contributed by atoms with E-state index < -0.39 is 17.5 Å². The first kappa shape index (κ1) is 26.3. The lowest BCUT2D eigenvalue weighted by molar-refractivity contribution is 0.00681. The summed E-state index contributed by atoms with van der Waals surface area (Å²) >= 11 is 0. The summed E-state index contributed by atoms with van der Waals surface area (Å²) in [6.07, 6.45) is 3.45. The van der Waals surface area contributed by atoms with Crippen molar-refractivity contribution in [3.63, 3.8) is 0 Å². The molecular weight excluding hydrogens is 474 g/mol. The highest BCUT2D eigenvalue weighted by atomic mass is 16.6. The normalized spacial score (nSPS) is 14.9. The molecule has 0 radical (unpaired) electrons. The molecule has 1 atom stereocenters. The fourth-order valence-corrected chi connectivity index (χ4v) is 4.73. The second-order valence-electron chi connectivity index (χ2n) is 10.0. The third kappa shape index (κ3) is 5.36. The van der Waals surface area contributed by atoms with E-state index in [0.717, 1.165) is 35.2 Å². The molecule has 0 unspecified atom stereocenters. The van der Waals surface area contributed by atoms with Crippen LogP contribution in [0.15, 0.2) is 30.5 Å². The Morgan fingerprint density at radius 3 is 2.54 bits per heavy atom. The number of hydrogen-bond acceptors (Lipinski definition) is 8. The van der Waals surface area contributed by atoms with Crippen LogP contribution in [-0.2, 0) is 27.2 Å². The van der Waals surface area contributed by atoms with E-state index in [-0.39, 0.29) is 29.9 Å². The number of hydrogen-bond donors (Lipinski definition) is 1. The van der Waals surface area contributed by atoms with Crippen molar-refractivity contribution in [2.75, 3.05) is 13.7 Å². The highest BCUT2D eigenvalue weighted by Crippen LogP contribution is 2.35. The van der Waals surface area contributed by atoms with Crippen molar-refractivity contribution in [3.05, 3.63) is 69.7 Å². The zero-order valence-corrected chi connectivity index (χ0v) is 22.1. The number of ether oxygens (including phenoxy) is 3. The van der Waals surface area contributed by atoms with E-state index in [4.69, 9.17) is 14.2 Å². The largest absolute Gasteiger partial charge is 0.464 e. The molecule has 0 bridgehead atoms. The number of benzene rings is 1. The van der Waals surface area contributed by atoms with E-state index >= 15 is 0 Å². The number of carbonyl (C=O) groups excluding carboxylic acids is 3. The fourth-order valence-electron chi connectivity index (χ4n) is 4.73. The Balaban J connectivity index is 1.61. The number of rotatable bonds is 7. The molecule has 0 fully saturated rings. The number of esters is 3. The molecule has 37 heavy (non-hydrogen) atoms. The van der Waals surface area contributed by atoms with Gasteiger partial charge in [0.15, 0.2) is 11.3 Å². The van der Waals surface area contributed by atoms with Gasteiger partial charge in [0, 0.05) is 24.5 Å². The minimum atomic E-state index is -0.587. The first-order valence-corrected chi connectivity index (χ1v) is 12.4. The summed E-state index contributed by atoms with van der Waals surface area (Å²) < 4.78 is 17.4. The summed E-state index contributed by atoms with van der Waals surface area (Å²) in [6, 6.07) is 7.18. The second kappa shape index (κ2) is 10.3. The number of nitrogens with zero attached hydrogens (tertiary/aromatic N) is 2. The van der Waals surface area contributed by atoms with Crippen molar-refractivity contribution in [1.82, 2.24) is 14.7 Å². The molecule has 0 saturated carbocycles. The summed E-state index contributed by atoms with van der Waals surface area (Å²) in [5, 5.41) is 3.58. The lowest BCUT2D eigenvalue weighted by Gasteiger charge is -2.21. The molecule has 2 heterocycles. The minimum absolute atomic E-state index is 0.0614. The maximum Gasteiger partial charge on any atom is 0.356 e. The lowest BCUT2D eigenvalue weighted by atomic mass is 9.97. The molecule has 2 aromatic heterocycles. The number of methoxy groups -OCH3 is 1. The topological polar surface area (TPSA) is 108 Å². The molecule has 1 aromatic carbocycles. The van der Waals surface area contributed by atoms with Gasteiger partial charge in [-0.1, -0.05) is 6.07 Å². The predicted octanol–water partition coefficient (Wildman–Crippen LogP) is 4.34. The molecule has 196 valence electrons. The Morgan fingerprint density at radius 1 is 1.11 bits per heavy atom. The molecule has 0 amide bonds. The summed E-state index contributed by atoms with van der Waals surface area (Å²) in [6.45, 7) is 9.91. The van der Waals surface area contributed by atoms with Crippen molar-refractivity contribution in [2.45, 2.75) is 65.6 Å². The molecule has 1 aliphatic carbocycles. The molecule has 9 nitrogen and oxygen atoms in total. The van der Waals surface area contributed by atoms with Crippen LogP contribution < -0.4 is 5.32 Å². The van der Waals surface area contributed by atoms with Gasteiger partial charge >= 0.3 is 17.9 Å². The van der Waals surface area contributed by atoms with Crippen LogP contribution in [0.4, 0.5) is 0 Å². The molecule has 3 aromatic rings. The van der Waals surface area contributed by atoms with E-state index in [1.54, 1.807) is 29.7 Å². The molecule has 9 heteroatoms. The van der Waals surface area contributed by atoms with E-state index in [9.17, 15) is 14.4 Å². The van der Waals surface area contributed by atoms with Crippen molar-refractivity contribution in [2.24, 2.45) is 0 Å². The summed E-state index contributed by atoms with van der Waals surface area (Å²) in [5.74, 6) is -1.40. The number of carbonyl (C=O) groups is 3. The Labute approximate surface area is 216 Å². The third-order valence-electron chi connectivity index (χ3n) is 6.43. The van der Waals surface area contributed by atoms with Gasteiger partial charge in [-0.3, -0.25) is 0 Å². The average molecular weight is 508 g/mol. The first-order valence-electron chi connectivity index (χ1n) is 12.4. The van der Waals surface area contributed by atoms with E-state index in [2.05, 4.69) is 10.3 Å². The van der Waals surface area contributed by atoms with Gasteiger partial charge in [-0.2, -0.15) is 0 Å². The molecule has 4 rings (SSSR count). The summed E-state index contributed by atoms with van der Waals surface area (Å²) in [7, 11) is 1.29. The predicted molar refractivity (Wildman–Crippen MR) is 137 cm³/mol. The Bertz CT molecular complexity index is 1370. The monoisotopic (exact) mass is 507 g/mol. The van der Waals surface area contributed by atoms with Gasteiger partial charge in [-0.25, -0.2) is 19.4 Å². The third-order valence-corrected chi connectivity index (χ3v) is 6.43. The van der Waals surface area contributed by atoms with Crippen LogP contribution in [0, 0.1) is 6.92 Å². The van der Waals surface area contributed by atoms with Gasteiger partial charge in [0.1, 0.15) is 11.2 Å². The van der Waals surface area contributed by atoms with Gasteiger partial charge in [-0.05, 0) is 82.3 Å². The standard InChI is InChI=1S/C28H33N3O6/c1-7-36-25(32)21-12-13-31-17(14-23(27(34)35-6)30-24(21)31)15-29-22-11-10-18-16(2)19(8-9-20(18)22)26(33)37-28(3,4)5/h8-9,12-14,22,29H,7,10-11,15H2,1-6H3/t22-/m0/s1. The van der Waals surface area contributed by atoms with Crippen LogP contribution in [-0.4, -0.2) is 46.6 Å². The van der Waals surface area contributed by atoms with Crippen molar-refractivity contribution < 1.29 is 28.6 Å². The van der Waals surface area contributed by atoms with E-state index in [0.29, 0.717) is 17.8 Å². The number of fused-ring (bicyclic) bond motifs is 2. The van der Waals surface area contributed by atoms with E-state index in [1.165, 1.54) is 7.11 Å². The fraction of sp³-hybridized carbons (Fsp3) is 0.429. The van der Waals surface area contributed by atoms with Gasteiger partial charge in [0.25, 0.3) is 0 Å². The quantitative estimate of drug-likeness (QED) is 0.372. The average Bonchev–Trinajstić information content (AvgIpc) is 3.46. The maximum atomic E-state index is 12.7. The Morgan fingerprint density at radius 2 is 1.86 bits per heavy atom. The molecular formula is C28H33N3O6. The first-order chi connectivity index (χ1) is 17.5. The Kier molecular flexibility index (Phi) is 7.36. The maximum absolute atomic E-state index is 12.7. The Hall–Kier alpha value is -3.72. The van der Waals surface area contributed by atoms with Crippen LogP contribution in [0.3, 0.4) is 0 Å². The van der Waals surface area contributed by atoms with Crippen LogP contribution in [0.1, 0.15) is 93.7 Å². The highest BCUT2D eigenvalue weighted by Gasteiger charge is 2.28. The zero-order chi connectivity index (χ0) is 26.9. The van der Waals surface area contributed by atoms with Crippen molar-refractivity contribution >= 4 is 23.6 Å². The van der Waals surface area contributed by atoms with E-state index in [1.807, 2.05) is 39.8 Å². The van der Waals surface area contributed by atoms with Gasteiger partial charge in [-0.15, -0.1) is 0 Å². The summed E-state index contributed by atoms with van der Waals surface area (Å²) in [5.41, 5.74) is 4.75.